The lowest BCUT2D eigenvalue weighted by atomic mass is 10.1. The van der Waals surface area contributed by atoms with E-state index in [2.05, 4.69) is 48.6 Å². The maximum atomic E-state index is 5.60. The molecular formula is C14H24N4S. The maximum Gasteiger partial charge on any atom is 0.132 e. The Labute approximate surface area is 121 Å². The lowest BCUT2D eigenvalue weighted by Crippen LogP contribution is -2.31. The monoisotopic (exact) mass is 280 g/mol. The van der Waals surface area contributed by atoms with Crippen LogP contribution in [0.25, 0.3) is 0 Å². The maximum absolute atomic E-state index is 5.60. The van der Waals surface area contributed by atoms with Crippen LogP contribution in [0.1, 0.15) is 45.7 Å². The van der Waals surface area contributed by atoms with E-state index in [1.54, 1.807) is 6.33 Å². The zero-order chi connectivity index (χ0) is 14.4. The average molecular weight is 280 g/mol. The molecule has 0 unspecified atom stereocenters. The lowest BCUT2D eigenvalue weighted by molar-refractivity contribution is 0.608. The van der Waals surface area contributed by atoms with Gasteiger partial charge in [0.1, 0.15) is 12.1 Å². The van der Waals surface area contributed by atoms with Crippen LogP contribution in [0.4, 0.5) is 5.82 Å². The Morgan fingerprint density at radius 2 is 2.00 bits per heavy atom. The van der Waals surface area contributed by atoms with E-state index in [-0.39, 0.29) is 0 Å². The largest absolute Gasteiger partial charge is 0.393 e. The van der Waals surface area contributed by atoms with Crippen LogP contribution >= 0.6 is 12.2 Å². The van der Waals surface area contributed by atoms with Gasteiger partial charge in [0.15, 0.2) is 0 Å². The fraction of sp³-hybridized carbons (Fsp3) is 0.643. The molecule has 0 radical (unpaired) electrons. The van der Waals surface area contributed by atoms with Crippen molar-refractivity contribution in [1.29, 1.82) is 0 Å². The van der Waals surface area contributed by atoms with Crippen molar-refractivity contribution in [3.8, 4) is 0 Å². The van der Waals surface area contributed by atoms with Gasteiger partial charge in [-0.1, -0.05) is 39.9 Å². The van der Waals surface area contributed by atoms with E-state index in [0.29, 0.717) is 23.2 Å². The van der Waals surface area contributed by atoms with Gasteiger partial charge in [-0.25, -0.2) is 9.97 Å². The molecule has 0 spiro atoms. The van der Waals surface area contributed by atoms with Crippen LogP contribution < -0.4 is 10.6 Å². The summed E-state index contributed by atoms with van der Waals surface area (Å²) in [5, 5.41) is 0. The van der Waals surface area contributed by atoms with Crippen LogP contribution in [-0.4, -0.2) is 28.0 Å². The molecule has 0 amide bonds. The predicted molar refractivity (Wildman–Crippen MR) is 84.6 cm³/mol. The normalized spacial score (nSPS) is 11.1. The minimum Gasteiger partial charge on any atom is -0.393 e. The van der Waals surface area contributed by atoms with Gasteiger partial charge < -0.3 is 10.6 Å². The third-order valence-electron chi connectivity index (χ3n) is 2.80. The molecule has 19 heavy (non-hydrogen) atoms. The summed E-state index contributed by atoms with van der Waals surface area (Å²) in [6.45, 7) is 10.4. The molecule has 0 bridgehead atoms. The van der Waals surface area contributed by atoms with Gasteiger partial charge in [-0.3, -0.25) is 0 Å². The zero-order valence-corrected chi connectivity index (χ0v) is 13.1. The van der Waals surface area contributed by atoms with Crippen molar-refractivity contribution >= 4 is 23.0 Å². The highest BCUT2D eigenvalue weighted by Crippen LogP contribution is 2.18. The van der Waals surface area contributed by atoms with Crippen molar-refractivity contribution in [2.24, 2.45) is 11.7 Å². The summed E-state index contributed by atoms with van der Waals surface area (Å²) in [4.78, 5) is 11.5. The topological polar surface area (TPSA) is 55.0 Å². The van der Waals surface area contributed by atoms with Gasteiger partial charge in [0.25, 0.3) is 0 Å². The second-order valence-corrected chi connectivity index (χ2v) is 6.04. The summed E-state index contributed by atoms with van der Waals surface area (Å²) in [7, 11) is 0. The average Bonchev–Trinajstić information content (AvgIpc) is 2.34. The third kappa shape index (κ3) is 5.51. The molecule has 5 heteroatoms. The molecule has 1 aromatic rings. The van der Waals surface area contributed by atoms with Crippen LogP contribution in [0.15, 0.2) is 12.4 Å². The van der Waals surface area contributed by atoms with Crippen molar-refractivity contribution in [1.82, 2.24) is 9.97 Å². The van der Waals surface area contributed by atoms with Crippen LogP contribution in [-0.2, 0) is 0 Å². The first kappa shape index (κ1) is 15.8. The SMILES string of the molecule is CC(C)CN(CCC(N)=S)c1cc(C(C)C)ncn1. The number of nitrogens with two attached hydrogens (primary N) is 1. The highest BCUT2D eigenvalue weighted by Gasteiger charge is 2.12. The summed E-state index contributed by atoms with van der Waals surface area (Å²) in [5.74, 6) is 1.92. The number of aromatic nitrogens is 2. The highest BCUT2D eigenvalue weighted by atomic mass is 32.1. The summed E-state index contributed by atoms with van der Waals surface area (Å²) >= 11 is 4.96. The number of hydrogen-bond donors (Lipinski definition) is 1. The van der Waals surface area contributed by atoms with Gasteiger partial charge in [0.2, 0.25) is 0 Å². The van der Waals surface area contributed by atoms with Crippen molar-refractivity contribution in [2.45, 2.75) is 40.0 Å². The smallest absolute Gasteiger partial charge is 0.132 e. The van der Waals surface area contributed by atoms with E-state index in [1.807, 2.05) is 0 Å². The van der Waals surface area contributed by atoms with Crippen molar-refractivity contribution in [2.75, 3.05) is 18.0 Å². The first-order valence-corrected chi connectivity index (χ1v) is 7.16. The molecule has 0 aliphatic rings. The minimum atomic E-state index is 0.401. The van der Waals surface area contributed by atoms with Crippen LogP contribution in [0.5, 0.6) is 0 Å². The predicted octanol–water partition coefficient (Wildman–Crippen LogP) is 2.74. The summed E-state index contributed by atoms with van der Waals surface area (Å²) in [6.07, 6.45) is 2.35. The van der Waals surface area contributed by atoms with Crippen molar-refractivity contribution in [3.63, 3.8) is 0 Å². The molecule has 106 valence electrons. The van der Waals surface area contributed by atoms with Crippen LogP contribution in [0.3, 0.4) is 0 Å². The third-order valence-corrected chi connectivity index (χ3v) is 3.01. The second kappa shape index (κ2) is 7.38. The fourth-order valence-electron chi connectivity index (χ4n) is 1.84. The van der Waals surface area contributed by atoms with E-state index in [0.717, 1.165) is 24.6 Å². The zero-order valence-electron chi connectivity index (χ0n) is 12.3. The molecule has 0 saturated carbocycles. The number of rotatable bonds is 7. The van der Waals surface area contributed by atoms with Crippen molar-refractivity contribution in [3.05, 3.63) is 18.1 Å². The van der Waals surface area contributed by atoms with E-state index < -0.39 is 0 Å². The Morgan fingerprint density at radius 1 is 1.32 bits per heavy atom. The standard InChI is InChI=1S/C14H24N4S/c1-10(2)8-18(6-5-13(15)19)14-7-12(11(3)4)16-9-17-14/h7,9-11H,5-6,8H2,1-4H3,(H2,15,19). The second-order valence-electron chi connectivity index (χ2n) is 5.51. The lowest BCUT2D eigenvalue weighted by Gasteiger charge is -2.26. The molecule has 2 N–H and O–H groups in total. The quantitative estimate of drug-likeness (QED) is 0.778. The van der Waals surface area contributed by atoms with Gasteiger partial charge in [-0.05, 0) is 11.8 Å². The number of nitrogens with zero attached hydrogens (tertiary/aromatic N) is 3. The summed E-state index contributed by atoms with van der Waals surface area (Å²) in [5.41, 5.74) is 6.66. The molecule has 0 saturated heterocycles. The Kier molecular flexibility index (Phi) is 6.15. The van der Waals surface area contributed by atoms with Gasteiger partial charge in [-0.2, -0.15) is 0 Å². The van der Waals surface area contributed by atoms with E-state index in [1.165, 1.54) is 0 Å². The number of thiocarbonyl (C=S) groups is 1. The molecule has 0 aliphatic carbocycles. The molecule has 1 heterocycles. The molecule has 0 fully saturated rings. The molecule has 0 aliphatic heterocycles. The Morgan fingerprint density at radius 3 is 2.53 bits per heavy atom. The Hall–Kier alpha value is -1.23. The van der Waals surface area contributed by atoms with E-state index >= 15 is 0 Å². The number of hydrogen-bond acceptors (Lipinski definition) is 4. The Bertz CT molecular complexity index is 418. The first-order chi connectivity index (χ1) is 8.90. The Balaban J connectivity index is 2.89. The minimum absolute atomic E-state index is 0.401. The molecular weight excluding hydrogens is 256 g/mol. The molecule has 1 rings (SSSR count). The van der Waals surface area contributed by atoms with Crippen LogP contribution in [0.2, 0.25) is 0 Å². The number of anilines is 1. The van der Waals surface area contributed by atoms with Gasteiger partial charge in [0.05, 0.1) is 4.99 Å². The highest BCUT2D eigenvalue weighted by molar-refractivity contribution is 7.80. The molecule has 4 nitrogen and oxygen atoms in total. The first-order valence-electron chi connectivity index (χ1n) is 6.75. The summed E-state index contributed by atoms with van der Waals surface area (Å²) < 4.78 is 0. The molecule has 0 aromatic carbocycles. The molecule has 1 aromatic heterocycles. The van der Waals surface area contributed by atoms with Crippen LogP contribution in [0, 0.1) is 5.92 Å². The van der Waals surface area contributed by atoms with Gasteiger partial charge in [0, 0.05) is 31.3 Å². The fourth-order valence-corrected chi connectivity index (χ4v) is 1.93. The van der Waals surface area contributed by atoms with E-state index in [9.17, 15) is 0 Å². The van der Waals surface area contributed by atoms with E-state index in [4.69, 9.17) is 18.0 Å². The molecule has 0 atom stereocenters. The van der Waals surface area contributed by atoms with Crippen molar-refractivity contribution < 1.29 is 0 Å². The summed E-state index contributed by atoms with van der Waals surface area (Å²) in [6, 6.07) is 2.06. The van der Waals surface area contributed by atoms with Gasteiger partial charge >= 0.3 is 0 Å². The van der Waals surface area contributed by atoms with Gasteiger partial charge in [-0.15, -0.1) is 0 Å².